The molecule has 0 radical (unpaired) electrons. The minimum Gasteiger partial charge on any atom is -0.384 e. The van der Waals surface area contributed by atoms with Gasteiger partial charge in [0, 0.05) is 33.9 Å². The Hall–Kier alpha value is -2.10. The minimum absolute atomic E-state index is 0.512. The zero-order valence-corrected chi connectivity index (χ0v) is 13.7. The van der Waals surface area contributed by atoms with E-state index in [1.807, 2.05) is 48.5 Å². The molecule has 0 saturated heterocycles. The predicted octanol–water partition coefficient (Wildman–Crippen LogP) is 5.09. The summed E-state index contributed by atoms with van der Waals surface area (Å²) in [7, 11) is 0. The van der Waals surface area contributed by atoms with Gasteiger partial charge in [0.2, 0.25) is 0 Å². The van der Waals surface area contributed by atoms with Crippen LogP contribution in [0, 0.1) is 0 Å². The van der Waals surface area contributed by atoms with E-state index in [-0.39, 0.29) is 0 Å². The molecule has 23 heavy (non-hydrogen) atoms. The molecule has 0 atom stereocenters. The second kappa shape index (κ2) is 5.84. The van der Waals surface area contributed by atoms with E-state index in [0.717, 1.165) is 41.0 Å². The summed E-state index contributed by atoms with van der Waals surface area (Å²) in [5.74, 6) is 0.636. The highest BCUT2D eigenvalue weighted by Crippen LogP contribution is 2.37. The summed E-state index contributed by atoms with van der Waals surface area (Å²) >= 11 is 12.6. The van der Waals surface area contributed by atoms with Crippen molar-refractivity contribution < 1.29 is 0 Å². The van der Waals surface area contributed by atoms with Crippen molar-refractivity contribution in [1.82, 2.24) is 9.97 Å². The first-order valence-electron chi connectivity index (χ1n) is 7.38. The van der Waals surface area contributed by atoms with E-state index in [4.69, 9.17) is 28.2 Å². The molecule has 4 rings (SSSR count). The number of fused-ring (bicyclic) bond motifs is 3. The highest BCUT2D eigenvalue weighted by atomic mass is 35.5. The molecule has 0 amide bonds. The normalized spacial score (nSPS) is 12.8. The van der Waals surface area contributed by atoms with Crippen LogP contribution in [0.4, 0.5) is 5.69 Å². The summed E-state index contributed by atoms with van der Waals surface area (Å²) in [5.41, 5.74) is 4.78. The fraction of sp³-hybridized carbons (Fsp3) is 0.111. The topological polar surface area (TPSA) is 37.8 Å². The molecule has 5 heteroatoms. The Labute approximate surface area is 144 Å². The highest BCUT2D eigenvalue weighted by molar-refractivity contribution is 6.31. The van der Waals surface area contributed by atoms with Gasteiger partial charge < -0.3 is 5.32 Å². The van der Waals surface area contributed by atoms with Gasteiger partial charge in [0.05, 0.1) is 5.69 Å². The third kappa shape index (κ3) is 2.67. The summed E-state index contributed by atoms with van der Waals surface area (Å²) in [6.45, 7) is 0.772. The quantitative estimate of drug-likeness (QED) is 0.626. The molecular weight excluding hydrogens is 329 g/mol. The third-order valence-corrected chi connectivity index (χ3v) is 4.46. The van der Waals surface area contributed by atoms with Gasteiger partial charge in [-0.15, -0.1) is 0 Å². The first-order chi connectivity index (χ1) is 11.2. The number of anilines is 1. The monoisotopic (exact) mass is 341 g/mol. The van der Waals surface area contributed by atoms with Crippen molar-refractivity contribution in [3.63, 3.8) is 0 Å². The Morgan fingerprint density at radius 3 is 2.61 bits per heavy atom. The molecule has 2 aromatic carbocycles. The molecule has 1 aromatic heterocycles. The standard InChI is InChI=1S/C18H13Cl2N3/c19-12-6-7-13-15(10-12)21-9-8-14-16(13)22-18(23-17(14)20)11-4-2-1-3-5-11/h1-7,10,21H,8-9H2. The molecule has 0 saturated carbocycles. The fourth-order valence-electron chi connectivity index (χ4n) is 2.81. The zero-order chi connectivity index (χ0) is 15.8. The number of benzene rings is 2. The van der Waals surface area contributed by atoms with Crippen LogP contribution in [-0.2, 0) is 6.42 Å². The fourth-order valence-corrected chi connectivity index (χ4v) is 3.24. The van der Waals surface area contributed by atoms with E-state index in [9.17, 15) is 0 Å². The molecule has 3 aromatic rings. The molecule has 1 N–H and O–H groups in total. The summed E-state index contributed by atoms with van der Waals surface area (Å²) < 4.78 is 0. The Balaban J connectivity index is 1.96. The summed E-state index contributed by atoms with van der Waals surface area (Å²) in [6.07, 6.45) is 0.773. The Bertz CT molecular complexity index is 879. The van der Waals surface area contributed by atoms with E-state index in [2.05, 4.69) is 10.3 Å². The van der Waals surface area contributed by atoms with Gasteiger partial charge in [-0.05, 0) is 24.6 Å². The van der Waals surface area contributed by atoms with Crippen molar-refractivity contribution in [3.8, 4) is 22.6 Å². The van der Waals surface area contributed by atoms with Gasteiger partial charge in [-0.1, -0.05) is 53.5 Å². The van der Waals surface area contributed by atoms with Gasteiger partial charge in [-0.3, -0.25) is 0 Å². The maximum absolute atomic E-state index is 6.46. The molecule has 0 unspecified atom stereocenters. The molecule has 0 bridgehead atoms. The molecule has 2 heterocycles. The molecule has 1 aliphatic heterocycles. The second-order valence-corrected chi connectivity index (χ2v) is 6.19. The Kier molecular flexibility index (Phi) is 3.68. The van der Waals surface area contributed by atoms with Crippen molar-refractivity contribution in [2.45, 2.75) is 6.42 Å². The number of hydrogen-bond acceptors (Lipinski definition) is 3. The van der Waals surface area contributed by atoms with Gasteiger partial charge in [0.15, 0.2) is 5.82 Å². The molecule has 114 valence electrons. The number of aromatic nitrogens is 2. The zero-order valence-electron chi connectivity index (χ0n) is 12.2. The van der Waals surface area contributed by atoms with Crippen molar-refractivity contribution in [3.05, 3.63) is 64.3 Å². The molecule has 0 spiro atoms. The van der Waals surface area contributed by atoms with Crippen molar-refractivity contribution in [2.75, 3.05) is 11.9 Å². The Morgan fingerprint density at radius 2 is 1.78 bits per heavy atom. The minimum atomic E-state index is 0.512. The summed E-state index contributed by atoms with van der Waals surface area (Å²) in [6, 6.07) is 15.6. The SMILES string of the molecule is Clc1ccc2c(c1)NCCc1c(Cl)nc(-c3ccccc3)nc1-2. The van der Waals surface area contributed by atoms with Crippen molar-refractivity contribution in [2.24, 2.45) is 0 Å². The van der Waals surface area contributed by atoms with E-state index >= 15 is 0 Å². The number of nitrogens with zero attached hydrogens (tertiary/aromatic N) is 2. The van der Waals surface area contributed by atoms with E-state index in [1.165, 1.54) is 0 Å². The Morgan fingerprint density at radius 1 is 0.957 bits per heavy atom. The number of halogens is 2. The third-order valence-electron chi connectivity index (χ3n) is 3.92. The molecule has 1 aliphatic rings. The average Bonchev–Trinajstić information content (AvgIpc) is 2.75. The van der Waals surface area contributed by atoms with Crippen LogP contribution in [-0.4, -0.2) is 16.5 Å². The van der Waals surface area contributed by atoms with Crippen LogP contribution in [0.5, 0.6) is 0 Å². The molecule has 0 aliphatic carbocycles. The van der Waals surface area contributed by atoms with Crippen LogP contribution >= 0.6 is 23.2 Å². The van der Waals surface area contributed by atoms with Crippen LogP contribution in [0.25, 0.3) is 22.6 Å². The van der Waals surface area contributed by atoms with Gasteiger partial charge in [-0.2, -0.15) is 0 Å². The van der Waals surface area contributed by atoms with Crippen LogP contribution in [0.3, 0.4) is 0 Å². The maximum atomic E-state index is 6.46. The maximum Gasteiger partial charge on any atom is 0.161 e. The van der Waals surface area contributed by atoms with Crippen LogP contribution in [0.2, 0.25) is 10.2 Å². The number of nitrogens with one attached hydrogen (secondary N) is 1. The molecule has 3 nitrogen and oxygen atoms in total. The van der Waals surface area contributed by atoms with Gasteiger partial charge in [-0.25, -0.2) is 9.97 Å². The molecular formula is C18H13Cl2N3. The van der Waals surface area contributed by atoms with Gasteiger partial charge >= 0.3 is 0 Å². The van der Waals surface area contributed by atoms with Gasteiger partial charge in [0.25, 0.3) is 0 Å². The highest BCUT2D eigenvalue weighted by Gasteiger charge is 2.20. The lowest BCUT2D eigenvalue weighted by molar-refractivity contribution is 1.00. The second-order valence-electron chi connectivity index (χ2n) is 5.40. The number of rotatable bonds is 1. The summed E-state index contributed by atoms with van der Waals surface area (Å²) in [5, 5.41) is 4.60. The van der Waals surface area contributed by atoms with Crippen molar-refractivity contribution >= 4 is 28.9 Å². The number of hydrogen-bond donors (Lipinski definition) is 1. The lowest BCUT2D eigenvalue weighted by atomic mass is 10.0. The van der Waals surface area contributed by atoms with E-state index in [1.54, 1.807) is 0 Å². The smallest absolute Gasteiger partial charge is 0.161 e. The van der Waals surface area contributed by atoms with Gasteiger partial charge in [0.1, 0.15) is 5.15 Å². The van der Waals surface area contributed by atoms with E-state index in [0.29, 0.717) is 16.0 Å². The van der Waals surface area contributed by atoms with Crippen LogP contribution in [0.15, 0.2) is 48.5 Å². The first kappa shape index (κ1) is 14.5. The molecule has 0 fully saturated rings. The first-order valence-corrected chi connectivity index (χ1v) is 8.13. The predicted molar refractivity (Wildman–Crippen MR) is 95.1 cm³/mol. The summed E-state index contributed by atoms with van der Waals surface area (Å²) in [4.78, 5) is 9.29. The average molecular weight is 342 g/mol. The van der Waals surface area contributed by atoms with Crippen LogP contribution < -0.4 is 5.32 Å². The van der Waals surface area contributed by atoms with Crippen LogP contribution in [0.1, 0.15) is 5.56 Å². The largest absolute Gasteiger partial charge is 0.384 e. The lowest BCUT2D eigenvalue weighted by Crippen LogP contribution is -2.03. The van der Waals surface area contributed by atoms with E-state index < -0.39 is 0 Å². The van der Waals surface area contributed by atoms with Crippen molar-refractivity contribution in [1.29, 1.82) is 0 Å². The lowest BCUT2D eigenvalue weighted by Gasteiger charge is -2.11.